The maximum absolute atomic E-state index is 15.7. The number of pyridine rings is 2. The van der Waals surface area contributed by atoms with Gasteiger partial charge in [0, 0.05) is 51.3 Å². The van der Waals surface area contributed by atoms with Crippen LogP contribution in [0.4, 0.5) is 14.5 Å². The van der Waals surface area contributed by atoms with Gasteiger partial charge in [-0.05, 0) is 37.5 Å². The molecule has 7 nitrogen and oxygen atoms in total. The number of alkyl halides is 1. The third-order valence-electron chi connectivity index (χ3n) is 6.71. The van der Waals surface area contributed by atoms with Crippen LogP contribution >= 0.6 is 0 Å². The summed E-state index contributed by atoms with van der Waals surface area (Å²) in [4.78, 5) is 34.4. The third kappa shape index (κ3) is 4.26. The number of aromatic nitrogens is 2. The summed E-state index contributed by atoms with van der Waals surface area (Å²) in [5.41, 5.74) is -0.342. The molecule has 4 rings (SSSR count). The molecule has 1 unspecified atom stereocenters. The summed E-state index contributed by atoms with van der Waals surface area (Å²) in [5, 5.41) is 2.43. The Morgan fingerprint density at radius 1 is 1.25 bits per heavy atom. The first-order valence-electron chi connectivity index (χ1n) is 11.1. The van der Waals surface area contributed by atoms with Crippen molar-refractivity contribution in [2.24, 2.45) is 0 Å². The lowest BCUT2D eigenvalue weighted by Gasteiger charge is -2.38. The number of nitrogens with one attached hydrogen (secondary N) is 2. The molecule has 0 aliphatic carbocycles. The molecule has 2 aliphatic rings. The quantitative estimate of drug-likeness (QED) is 0.691. The molecule has 2 N–H and O–H groups in total. The van der Waals surface area contributed by atoms with Crippen LogP contribution in [0.25, 0.3) is 0 Å². The summed E-state index contributed by atoms with van der Waals surface area (Å²) in [6, 6.07) is 6.73. The summed E-state index contributed by atoms with van der Waals surface area (Å²) in [5.74, 6) is -1.09. The van der Waals surface area contributed by atoms with E-state index >= 15 is 4.39 Å². The molecule has 0 radical (unpaired) electrons. The van der Waals surface area contributed by atoms with E-state index in [1.165, 1.54) is 13.1 Å². The number of carbonyl (C=O) groups is 1. The van der Waals surface area contributed by atoms with Crippen molar-refractivity contribution >= 4 is 11.6 Å². The predicted molar refractivity (Wildman–Crippen MR) is 118 cm³/mol. The topological polar surface area (TPSA) is 81.3 Å². The number of piperidine rings is 1. The molecular weight excluding hydrogens is 416 g/mol. The standard InChI is InChI=1S/C23H29F2N5O2/c1-3-15-4-7-19(28-21(15)31)23(25)10-13-30(14-23)16-8-11-29(12-9-16)18-6-5-17(22(32)26-2)27-20(18)24/h4-7,16H,3,8-14H2,1-2H3,(H,26,32)(H,28,31). The van der Waals surface area contributed by atoms with Gasteiger partial charge in [-0.25, -0.2) is 9.37 Å². The number of rotatable bonds is 5. The van der Waals surface area contributed by atoms with Gasteiger partial charge in [0.1, 0.15) is 5.69 Å². The first-order chi connectivity index (χ1) is 15.3. The van der Waals surface area contributed by atoms with E-state index < -0.39 is 17.5 Å². The number of H-pyrrole nitrogens is 1. The minimum Gasteiger partial charge on any atom is -0.368 e. The van der Waals surface area contributed by atoms with Crippen molar-refractivity contribution in [3.8, 4) is 0 Å². The Hall–Kier alpha value is -2.81. The number of aryl methyl sites for hydroxylation is 1. The molecule has 172 valence electrons. The van der Waals surface area contributed by atoms with Gasteiger partial charge in [0.05, 0.1) is 11.4 Å². The molecule has 0 spiro atoms. The molecule has 1 atom stereocenters. The monoisotopic (exact) mass is 445 g/mol. The number of anilines is 1. The lowest BCUT2D eigenvalue weighted by molar-refractivity contribution is 0.0957. The van der Waals surface area contributed by atoms with Crippen molar-refractivity contribution in [2.45, 2.75) is 44.3 Å². The smallest absolute Gasteiger partial charge is 0.269 e. The summed E-state index contributed by atoms with van der Waals surface area (Å²) >= 11 is 0. The zero-order valence-electron chi connectivity index (χ0n) is 18.5. The van der Waals surface area contributed by atoms with Gasteiger partial charge in [0.25, 0.3) is 11.5 Å². The van der Waals surface area contributed by atoms with Crippen molar-refractivity contribution < 1.29 is 13.6 Å². The van der Waals surface area contributed by atoms with Gasteiger partial charge in [-0.1, -0.05) is 13.0 Å². The van der Waals surface area contributed by atoms with E-state index in [-0.39, 0.29) is 23.8 Å². The molecule has 0 bridgehead atoms. The molecule has 32 heavy (non-hydrogen) atoms. The number of likely N-dealkylation sites (tertiary alicyclic amines) is 1. The highest BCUT2D eigenvalue weighted by Crippen LogP contribution is 2.37. The van der Waals surface area contributed by atoms with Crippen LogP contribution in [0.2, 0.25) is 0 Å². The number of nitrogens with zero attached hydrogens (tertiary/aromatic N) is 3. The molecule has 0 saturated carbocycles. The average Bonchev–Trinajstić information content (AvgIpc) is 3.22. The molecule has 2 fully saturated rings. The van der Waals surface area contributed by atoms with E-state index in [0.717, 1.165) is 12.8 Å². The molecular formula is C23H29F2N5O2. The lowest BCUT2D eigenvalue weighted by atomic mass is 9.99. The highest BCUT2D eigenvalue weighted by atomic mass is 19.1. The van der Waals surface area contributed by atoms with Gasteiger partial charge in [-0.2, -0.15) is 4.39 Å². The van der Waals surface area contributed by atoms with Crippen molar-refractivity contribution in [3.63, 3.8) is 0 Å². The third-order valence-corrected chi connectivity index (χ3v) is 6.71. The Balaban J connectivity index is 1.38. The van der Waals surface area contributed by atoms with Crippen LogP contribution in [0, 0.1) is 5.95 Å². The van der Waals surface area contributed by atoms with Gasteiger partial charge in [-0.15, -0.1) is 0 Å². The normalized spacial score (nSPS) is 22.3. The first-order valence-corrected chi connectivity index (χ1v) is 11.1. The lowest BCUT2D eigenvalue weighted by Crippen LogP contribution is -2.45. The Bertz CT molecular complexity index is 1050. The van der Waals surface area contributed by atoms with E-state index in [4.69, 9.17) is 0 Å². The molecule has 2 aliphatic heterocycles. The van der Waals surface area contributed by atoms with E-state index in [2.05, 4.69) is 20.2 Å². The van der Waals surface area contributed by atoms with Crippen molar-refractivity contribution in [3.05, 3.63) is 57.5 Å². The van der Waals surface area contributed by atoms with Crippen LogP contribution in [-0.2, 0) is 12.1 Å². The molecule has 4 heterocycles. The second-order valence-electron chi connectivity index (χ2n) is 8.57. The van der Waals surface area contributed by atoms with Crippen LogP contribution in [-0.4, -0.2) is 60.0 Å². The maximum Gasteiger partial charge on any atom is 0.269 e. The number of aromatic amines is 1. The first kappa shape index (κ1) is 22.4. The highest BCUT2D eigenvalue weighted by molar-refractivity contribution is 5.92. The van der Waals surface area contributed by atoms with E-state index in [1.807, 2.05) is 11.8 Å². The van der Waals surface area contributed by atoms with E-state index in [1.54, 1.807) is 18.2 Å². The predicted octanol–water partition coefficient (Wildman–Crippen LogP) is 2.37. The Morgan fingerprint density at radius 3 is 2.62 bits per heavy atom. The number of carbonyl (C=O) groups excluding carboxylic acids is 1. The number of halogens is 2. The Morgan fingerprint density at radius 2 is 2.00 bits per heavy atom. The number of amides is 1. The largest absolute Gasteiger partial charge is 0.368 e. The maximum atomic E-state index is 15.7. The molecule has 2 aromatic rings. The highest BCUT2D eigenvalue weighted by Gasteiger charge is 2.43. The van der Waals surface area contributed by atoms with Crippen LogP contribution < -0.4 is 15.8 Å². The fourth-order valence-corrected chi connectivity index (χ4v) is 4.77. The second-order valence-corrected chi connectivity index (χ2v) is 8.57. The van der Waals surface area contributed by atoms with Gasteiger partial charge in [-0.3, -0.25) is 14.5 Å². The molecule has 2 saturated heterocycles. The van der Waals surface area contributed by atoms with Gasteiger partial charge in [0.15, 0.2) is 5.67 Å². The average molecular weight is 446 g/mol. The Labute approximate surface area is 185 Å². The summed E-state index contributed by atoms with van der Waals surface area (Å²) in [6.45, 7) is 4.02. The minimum atomic E-state index is -1.56. The Kier molecular flexibility index (Phi) is 6.28. The van der Waals surface area contributed by atoms with Gasteiger partial charge >= 0.3 is 0 Å². The molecule has 1 amide bonds. The molecule has 9 heteroatoms. The van der Waals surface area contributed by atoms with Crippen LogP contribution in [0.5, 0.6) is 0 Å². The van der Waals surface area contributed by atoms with E-state index in [0.29, 0.717) is 49.4 Å². The molecule has 0 aromatic carbocycles. The van der Waals surface area contributed by atoms with Crippen molar-refractivity contribution in [1.29, 1.82) is 0 Å². The van der Waals surface area contributed by atoms with Crippen LogP contribution in [0.15, 0.2) is 29.1 Å². The zero-order valence-corrected chi connectivity index (χ0v) is 18.5. The number of hydrogen-bond acceptors (Lipinski definition) is 5. The van der Waals surface area contributed by atoms with Crippen LogP contribution in [0.1, 0.15) is 47.9 Å². The SMILES string of the molecule is CCc1ccc(C2(F)CCN(C3CCN(c4ccc(C(=O)NC)nc4F)CC3)C2)[nH]c1=O. The zero-order chi connectivity index (χ0) is 22.9. The van der Waals surface area contributed by atoms with Crippen molar-refractivity contribution in [2.75, 3.05) is 38.1 Å². The van der Waals surface area contributed by atoms with Crippen molar-refractivity contribution in [1.82, 2.24) is 20.2 Å². The minimum absolute atomic E-state index is 0.0463. The van der Waals surface area contributed by atoms with Crippen LogP contribution in [0.3, 0.4) is 0 Å². The molecule has 2 aromatic heterocycles. The fourth-order valence-electron chi connectivity index (χ4n) is 4.77. The summed E-state index contributed by atoms with van der Waals surface area (Å²) < 4.78 is 30.2. The number of hydrogen-bond donors (Lipinski definition) is 2. The second kappa shape index (κ2) is 8.97. The summed E-state index contributed by atoms with van der Waals surface area (Å²) in [6.07, 6.45) is 2.51. The summed E-state index contributed by atoms with van der Waals surface area (Å²) in [7, 11) is 1.48. The van der Waals surface area contributed by atoms with Gasteiger partial charge in [0.2, 0.25) is 5.95 Å². The van der Waals surface area contributed by atoms with Gasteiger partial charge < -0.3 is 15.2 Å². The van der Waals surface area contributed by atoms with E-state index in [9.17, 15) is 14.0 Å². The fraction of sp³-hybridized carbons (Fsp3) is 0.522.